The topological polar surface area (TPSA) is 68.5 Å². The summed E-state index contributed by atoms with van der Waals surface area (Å²) in [4.78, 5) is 24.4. The number of nitrogens with one attached hydrogen (secondary N) is 1. The second kappa shape index (κ2) is 6.20. The van der Waals surface area contributed by atoms with Crippen LogP contribution in [-0.4, -0.2) is 13.0 Å². The number of fused-ring (bicyclic) bond motifs is 1. The van der Waals surface area contributed by atoms with Crippen LogP contribution in [0.25, 0.3) is 11.0 Å². The van der Waals surface area contributed by atoms with Crippen molar-refractivity contribution in [1.29, 1.82) is 0 Å². The third-order valence-electron chi connectivity index (χ3n) is 3.83. The summed E-state index contributed by atoms with van der Waals surface area (Å²) in [6.07, 6.45) is 0. The van der Waals surface area contributed by atoms with Gasteiger partial charge in [-0.15, -0.1) is 0 Å². The van der Waals surface area contributed by atoms with E-state index < -0.39 is 5.63 Å². The highest BCUT2D eigenvalue weighted by molar-refractivity contribution is 6.12. The Labute approximate surface area is 138 Å². The van der Waals surface area contributed by atoms with Gasteiger partial charge in [-0.3, -0.25) is 4.79 Å². The number of aryl methyl sites for hydroxylation is 2. The summed E-state index contributed by atoms with van der Waals surface area (Å²) < 4.78 is 10.3. The van der Waals surface area contributed by atoms with E-state index in [1.54, 1.807) is 18.2 Å². The largest absolute Gasteiger partial charge is 0.497 e. The molecule has 5 nitrogen and oxygen atoms in total. The van der Waals surface area contributed by atoms with E-state index in [2.05, 4.69) is 5.32 Å². The van der Waals surface area contributed by atoms with E-state index in [9.17, 15) is 9.59 Å². The Bertz CT molecular complexity index is 988. The summed E-state index contributed by atoms with van der Waals surface area (Å²) >= 11 is 0. The molecule has 0 aliphatic carbocycles. The molecule has 122 valence electrons. The van der Waals surface area contributed by atoms with Crippen molar-refractivity contribution >= 4 is 22.6 Å². The number of amides is 1. The van der Waals surface area contributed by atoms with Gasteiger partial charge in [0.15, 0.2) is 0 Å². The molecular formula is C19H17NO4. The second-order valence-electron chi connectivity index (χ2n) is 5.61. The van der Waals surface area contributed by atoms with Gasteiger partial charge in [0, 0.05) is 23.2 Å². The van der Waals surface area contributed by atoms with Crippen molar-refractivity contribution in [2.75, 3.05) is 12.4 Å². The number of hydrogen-bond acceptors (Lipinski definition) is 4. The monoisotopic (exact) mass is 323 g/mol. The maximum Gasteiger partial charge on any atom is 0.337 e. The molecule has 0 unspecified atom stereocenters. The van der Waals surface area contributed by atoms with Gasteiger partial charge in [-0.05, 0) is 37.6 Å². The van der Waals surface area contributed by atoms with Gasteiger partial charge in [0.2, 0.25) is 0 Å². The molecule has 0 aliphatic rings. The maximum atomic E-state index is 12.6. The second-order valence-corrected chi connectivity index (χ2v) is 5.61. The molecule has 0 bridgehead atoms. The first-order chi connectivity index (χ1) is 11.5. The molecule has 0 atom stereocenters. The van der Waals surface area contributed by atoms with Crippen molar-refractivity contribution < 1.29 is 13.9 Å². The Kier molecular flexibility index (Phi) is 4.08. The third kappa shape index (κ3) is 3.01. The minimum atomic E-state index is -0.582. The van der Waals surface area contributed by atoms with Crippen LogP contribution in [0, 0.1) is 13.8 Å². The molecule has 0 saturated heterocycles. The van der Waals surface area contributed by atoms with E-state index in [0.29, 0.717) is 22.4 Å². The molecule has 0 aliphatic heterocycles. The van der Waals surface area contributed by atoms with Gasteiger partial charge in [-0.25, -0.2) is 4.79 Å². The van der Waals surface area contributed by atoms with Crippen molar-refractivity contribution in [3.8, 4) is 5.75 Å². The molecule has 0 saturated carbocycles. The zero-order valence-corrected chi connectivity index (χ0v) is 13.7. The summed E-state index contributed by atoms with van der Waals surface area (Å²) in [5.41, 5.74) is 2.78. The lowest BCUT2D eigenvalue weighted by Crippen LogP contribution is -2.15. The molecule has 2 aromatic carbocycles. The normalized spacial score (nSPS) is 10.6. The molecule has 1 amide bonds. The number of benzene rings is 2. The van der Waals surface area contributed by atoms with Gasteiger partial charge >= 0.3 is 5.63 Å². The number of rotatable bonds is 3. The van der Waals surface area contributed by atoms with Gasteiger partial charge < -0.3 is 14.5 Å². The minimum absolute atomic E-state index is 0.267. The van der Waals surface area contributed by atoms with Crippen LogP contribution in [0.5, 0.6) is 5.75 Å². The number of methoxy groups -OCH3 is 1. The van der Waals surface area contributed by atoms with E-state index in [1.807, 2.05) is 32.0 Å². The summed E-state index contributed by atoms with van der Waals surface area (Å²) in [5.74, 6) is 0.197. The van der Waals surface area contributed by atoms with Crippen LogP contribution in [0.4, 0.5) is 5.69 Å². The van der Waals surface area contributed by atoms with Crippen molar-refractivity contribution in [3.05, 3.63) is 69.6 Å². The predicted octanol–water partition coefficient (Wildman–Crippen LogP) is 3.67. The summed E-state index contributed by atoms with van der Waals surface area (Å²) in [6, 6.07) is 12.0. The number of carbonyl (C=O) groups excluding carboxylic acids is 1. The Morgan fingerprint density at radius 2 is 1.88 bits per heavy atom. The summed E-state index contributed by atoms with van der Waals surface area (Å²) in [7, 11) is 1.52. The Balaban J connectivity index is 2.04. The van der Waals surface area contributed by atoms with E-state index in [0.717, 1.165) is 11.1 Å². The Morgan fingerprint density at radius 3 is 2.58 bits per heavy atom. The minimum Gasteiger partial charge on any atom is -0.497 e. The third-order valence-corrected chi connectivity index (χ3v) is 3.83. The van der Waals surface area contributed by atoms with Crippen molar-refractivity contribution in [3.63, 3.8) is 0 Å². The smallest absolute Gasteiger partial charge is 0.337 e. The fourth-order valence-corrected chi connectivity index (χ4v) is 2.60. The first-order valence-corrected chi connectivity index (χ1v) is 7.48. The molecular weight excluding hydrogens is 306 g/mol. The number of hydrogen-bond donors (Lipinski definition) is 1. The zero-order chi connectivity index (χ0) is 17.3. The van der Waals surface area contributed by atoms with Gasteiger partial charge in [0.25, 0.3) is 5.91 Å². The van der Waals surface area contributed by atoms with E-state index in [-0.39, 0.29) is 11.5 Å². The van der Waals surface area contributed by atoms with Crippen molar-refractivity contribution in [1.82, 2.24) is 0 Å². The predicted molar refractivity (Wildman–Crippen MR) is 92.9 cm³/mol. The SMILES string of the molecule is COc1ccc2c(C(=O)Nc3ccc(C)cc3C)cc(=O)oc2c1. The average Bonchev–Trinajstić information content (AvgIpc) is 2.55. The van der Waals surface area contributed by atoms with E-state index >= 15 is 0 Å². The van der Waals surface area contributed by atoms with Crippen molar-refractivity contribution in [2.24, 2.45) is 0 Å². The van der Waals surface area contributed by atoms with Crippen LogP contribution >= 0.6 is 0 Å². The van der Waals surface area contributed by atoms with Crippen LogP contribution in [0.15, 0.2) is 51.7 Å². The standard InChI is InChI=1S/C19H17NO4/c1-11-4-7-16(12(2)8-11)20-19(22)15-10-18(21)24-17-9-13(23-3)5-6-14(15)17/h4-10H,1-3H3,(H,20,22). The molecule has 24 heavy (non-hydrogen) atoms. The Morgan fingerprint density at radius 1 is 1.08 bits per heavy atom. The van der Waals surface area contributed by atoms with Crippen molar-refractivity contribution in [2.45, 2.75) is 13.8 Å². The lowest BCUT2D eigenvalue weighted by Gasteiger charge is -2.10. The molecule has 5 heteroatoms. The van der Waals surface area contributed by atoms with E-state index in [1.165, 1.54) is 13.2 Å². The summed E-state index contributed by atoms with van der Waals surface area (Å²) in [6.45, 7) is 3.91. The summed E-state index contributed by atoms with van der Waals surface area (Å²) in [5, 5.41) is 3.40. The van der Waals surface area contributed by atoms with Crippen LogP contribution < -0.4 is 15.7 Å². The highest BCUT2D eigenvalue weighted by Gasteiger charge is 2.15. The molecule has 1 N–H and O–H groups in total. The highest BCUT2D eigenvalue weighted by atomic mass is 16.5. The lowest BCUT2D eigenvalue weighted by molar-refractivity contribution is 0.102. The zero-order valence-electron chi connectivity index (χ0n) is 13.7. The van der Waals surface area contributed by atoms with E-state index in [4.69, 9.17) is 9.15 Å². The molecule has 3 rings (SSSR count). The van der Waals surface area contributed by atoms with Gasteiger partial charge in [-0.1, -0.05) is 17.7 Å². The molecule has 0 radical (unpaired) electrons. The molecule has 3 aromatic rings. The Hall–Kier alpha value is -3.08. The highest BCUT2D eigenvalue weighted by Crippen LogP contribution is 2.24. The number of carbonyl (C=O) groups is 1. The fourth-order valence-electron chi connectivity index (χ4n) is 2.60. The lowest BCUT2D eigenvalue weighted by atomic mass is 10.1. The van der Waals surface area contributed by atoms with Crippen LogP contribution in [-0.2, 0) is 0 Å². The fraction of sp³-hybridized carbons (Fsp3) is 0.158. The van der Waals surface area contributed by atoms with Gasteiger partial charge in [-0.2, -0.15) is 0 Å². The molecule has 0 fully saturated rings. The van der Waals surface area contributed by atoms with Crippen LogP contribution in [0.3, 0.4) is 0 Å². The van der Waals surface area contributed by atoms with Gasteiger partial charge in [0.05, 0.1) is 12.7 Å². The van der Waals surface area contributed by atoms with Gasteiger partial charge in [0.1, 0.15) is 11.3 Å². The van der Waals surface area contributed by atoms with Crippen LogP contribution in [0.1, 0.15) is 21.5 Å². The molecule has 1 aromatic heterocycles. The number of ether oxygens (including phenoxy) is 1. The van der Waals surface area contributed by atoms with Crippen LogP contribution in [0.2, 0.25) is 0 Å². The maximum absolute atomic E-state index is 12.6. The first-order valence-electron chi connectivity index (χ1n) is 7.48. The quantitative estimate of drug-likeness (QED) is 0.747. The molecule has 1 heterocycles. The number of anilines is 1. The first kappa shape index (κ1) is 15.8. The average molecular weight is 323 g/mol. The molecule has 0 spiro atoms.